The first-order chi connectivity index (χ1) is 7.47. The van der Waals surface area contributed by atoms with Crippen LogP contribution in [0.1, 0.15) is 79.6 Å². The summed E-state index contributed by atoms with van der Waals surface area (Å²) in [7, 11) is 0. The van der Waals surface area contributed by atoms with Crippen molar-refractivity contribution in [1.82, 2.24) is 0 Å². The zero-order valence-corrected chi connectivity index (χ0v) is 12.2. The molecule has 0 aromatic heterocycles. The van der Waals surface area contributed by atoms with Crippen molar-refractivity contribution in [3.8, 4) is 0 Å². The highest BCUT2D eigenvalue weighted by molar-refractivity contribution is 4.87. The van der Waals surface area contributed by atoms with Gasteiger partial charge in [0.25, 0.3) is 0 Å². The fourth-order valence-corrected chi connectivity index (χ4v) is 2.74. The fourth-order valence-electron chi connectivity index (χ4n) is 2.74. The summed E-state index contributed by atoms with van der Waals surface area (Å²) in [5, 5.41) is 0. The molecule has 0 radical (unpaired) electrons. The molecule has 2 atom stereocenters. The first kappa shape index (κ1) is 14.1. The molecule has 0 N–H and O–H groups in total. The van der Waals surface area contributed by atoms with Crippen molar-refractivity contribution in [2.24, 2.45) is 23.2 Å². The van der Waals surface area contributed by atoms with Gasteiger partial charge in [0.15, 0.2) is 0 Å². The van der Waals surface area contributed by atoms with Gasteiger partial charge in [-0.1, -0.05) is 60.3 Å². The quantitative estimate of drug-likeness (QED) is 0.466. The van der Waals surface area contributed by atoms with Gasteiger partial charge >= 0.3 is 0 Å². The normalized spacial score (nSPS) is 20.8. The average molecular weight is 224 g/mol. The van der Waals surface area contributed by atoms with Crippen molar-refractivity contribution in [2.75, 3.05) is 0 Å². The van der Waals surface area contributed by atoms with Crippen LogP contribution in [-0.2, 0) is 0 Å². The van der Waals surface area contributed by atoms with Gasteiger partial charge in [-0.3, -0.25) is 0 Å². The maximum atomic E-state index is 2.49. The minimum atomic E-state index is 0.580. The maximum Gasteiger partial charge on any atom is -0.0326 e. The molecular weight excluding hydrogens is 192 g/mol. The summed E-state index contributed by atoms with van der Waals surface area (Å²) >= 11 is 0. The van der Waals surface area contributed by atoms with Crippen molar-refractivity contribution in [3.05, 3.63) is 0 Å². The van der Waals surface area contributed by atoms with Crippen LogP contribution >= 0.6 is 0 Å². The monoisotopic (exact) mass is 224 g/mol. The molecule has 96 valence electrons. The molecule has 0 aromatic rings. The highest BCUT2D eigenvalue weighted by Crippen LogP contribution is 2.47. The second-order valence-electron chi connectivity index (χ2n) is 6.87. The van der Waals surface area contributed by atoms with E-state index in [1.54, 1.807) is 0 Å². The van der Waals surface area contributed by atoms with Gasteiger partial charge in [0.1, 0.15) is 0 Å². The van der Waals surface area contributed by atoms with Crippen LogP contribution < -0.4 is 0 Å². The zero-order valence-electron chi connectivity index (χ0n) is 12.2. The lowest BCUT2D eigenvalue weighted by Gasteiger charge is -2.32. The summed E-state index contributed by atoms with van der Waals surface area (Å²) in [4.78, 5) is 0. The molecule has 0 aromatic carbocycles. The van der Waals surface area contributed by atoms with Gasteiger partial charge in [-0.25, -0.2) is 0 Å². The van der Waals surface area contributed by atoms with E-state index < -0.39 is 0 Å². The van der Waals surface area contributed by atoms with E-state index in [1.165, 1.54) is 44.9 Å². The van der Waals surface area contributed by atoms with Crippen LogP contribution in [0, 0.1) is 23.2 Å². The Labute approximate surface area is 103 Å². The Kier molecular flexibility index (Phi) is 5.34. The van der Waals surface area contributed by atoms with Crippen LogP contribution in [-0.4, -0.2) is 0 Å². The molecule has 2 unspecified atom stereocenters. The van der Waals surface area contributed by atoms with Crippen molar-refractivity contribution >= 4 is 0 Å². The van der Waals surface area contributed by atoms with Crippen LogP contribution in [0.2, 0.25) is 0 Å². The lowest BCUT2D eigenvalue weighted by molar-refractivity contribution is 0.180. The Bertz CT molecular complexity index is 188. The highest BCUT2D eigenvalue weighted by Gasteiger charge is 2.37. The lowest BCUT2D eigenvalue weighted by atomic mass is 9.73. The molecule has 1 rings (SSSR count). The molecule has 0 saturated heterocycles. The Morgan fingerprint density at radius 3 is 2.25 bits per heavy atom. The minimum Gasteiger partial charge on any atom is -0.0651 e. The van der Waals surface area contributed by atoms with E-state index in [4.69, 9.17) is 0 Å². The van der Waals surface area contributed by atoms with Crippen LogP contribution in [0.25, 0.3) is 0 Å². The first-order valence-electron chi connectivity index (χ1n) is 7.47. The van der Waals surface area contributed by atoms with Crippen LogP contribution in [0.15, 0.2) is 0 Å². The van der Waals surface area contributed by atoms with Crippen LogP contribution in [0.4, 0.5) is 0 Å². The molecule has 0 aliphatic heterocycles. The van der Waals surface area contributed by atoms with Gasteiger partial charge in [-0.15, -0.1) is 0 Å². The third kappa shape index (κ3) is 4.47. The molecule has 1 fully saturated rings. The molecule has 1 saturated carbocycles. The van der Waals surface area contributed by atoms with Crippen molar-refractivity contribution < 1.29 is 0 Å². The second-order valence-corrected chi connectivity index (χ2v) is 6.87. The Balaban J connectivity index is 2.14. The van der Waals surface area contributed by atoms with Gasteiger partial charge < -0.3 is 0 Å². The summed E-state index contributed by atoms with van der Waals surface area (Å²) in [5.74, 6) is 2.93. The first-order valence-corrected chi connectivity index (χ1v) is 7.47. The summed E-state index contributed by atoms with van der Waals surface area (Å²) in [6.07, 6.45) is 10.1. The van der Waals surface area contributed by atoms with Crippen molar-refractivity contribution in [2.45, 2.75) is 79.6 Å². The number of unbranched alkanes of at least 4 members (excludes halogenated alkanes) is 1. The third-order valence-electron chi connectivity index (χ3n) is 5.03. The molecule has 0 heteroatoms. The van der Waals surface area contributed by atoms with E-state index >= 15 is 0 Å². The molecule has 0 amide bonds. The Morgan fingerprint density at radius 1 is 1.12 bits per heavy atom. The molecule has 0 bridgehead atoms. The van der Waals surface area contributed by atoms with E-state index in [0.717, 1.165) is 17.8 Å². The largest absolute Gasteiger partial charge is 0.0651 e. The second kappa shape index (κ2) is 6.07. The number of hydrogen-bond acceptors (Lipinski definition) is 0. The minimum absolute atomic E-state index is 0.580. The predicted molar refractivity (Wildman–Crippen MR) is 73.6 cm³/mol. The van der Waals surface area contributed by atoms with Gasteiger partial charge in [-0.2, -0.15) is 0 Å². The number of hydrogen-bond donors (Lipinski definition) is 0. The summed E-state index contributed by atoms with van der Waals surface area (Å²) in [6.45, 7) is 12.1. The van der Waals surface area contributed by atoms with Crippen LogP contribution in [0.3, 0.4) is 0 Å². The highest BCUT2D eigenvalue weighted by atomic mass is 14.4. The third-order valence-corrected chi connectivity index (χ3v) is 5.03. The van der Waals surface area contributed by atoms with E-state index in [1.807, 2.05) is 0 Å². The summed E-state index contributed by atoms with van der Waals surface area (Å²) in [6, 6.07) is 0. The maximum absolute atomic E-state index is 2.49. The van der Waals surface area contributed by atoms with E-state index in [-0.39, 0.29) is 0 Å². The van der Waals surface area contributed by atoms with E-state index in [0.29, 0.717) is 5.41 Å². The van der Waals surface area contributed by atoms with Gasteiger partial charge in [0, 0.05) is 0 Å². The average Bonchev–Trinajstić information content (AvgIpc) is 3.06. The fraction of sp³-hybridized carbons (Fsp3) is 1.00. The molecule has 0 nitrogen and oxygen atoms in total. The smallest absolute Gasteiger partial charge is 0.0326 e. The van der Waals surface area contributed by atoms with Crippen molar-refractivity contribution in [1.29, 1.82) is 0 Å². The van der Waals surface area contributed by atoms with Crippen molar-refractivity contribution in [3.63, 3.8) is 0 Å². The van der Waals surface area contributed by atoms with Gasteiger partial charge in [0.05, 0.1) is 0 Å². The summed E-state index contributed by atoms with van der Waals surface area (Å²) < 4.78 is 0. The molecule has 1 aliphatic rings. The standard InChI is InChI=1S/C16H32/c1-6-13(2)9-7-8-12-16(4,5)14(3)15-10-11-15/h13-15H,6-12H2,1-5H3. The molecule has 0 spiro atoms. The molecular formula is C16H32. The Hall–Kier alpha value is 0. The zero-order chi connectivity index (χ0) is 12.2. The van der Waals surface area contributed by atoms with E-state index in [9.17, 15) is 0 Å². The number of rotatable bonds is 8. The lowest BCUT2D eigenvalue weighted by Crippen LogP contribution is -2.23. The Morgan fingerprint density at radius 2 is 1.75 bits per heavy atom. The van der Waals surface area contributed by atoms with Crippen LogP contribution in [0.5, 0.6) is 0 Å². The van der Waals surface area contributed by atoms with Gasteiger partial charge in [0.2, 0.25) is 0 Å². The van der Waals surface area contributed by atoms with E-state index in [2.05, 4.69) is 34.6 Å². The summed E-state index contributed by atoms with van der Waals surface area (Å²) in [5.41, 5.74) is 0.580. The van der Waals surface area contributed by atoms with Gasteiger partial charge in [-0.05, 0) is 42.4 Å². The topological polar surface area (TPSA) is 0 Å². The molecule has 1 aliphatic carbocycles. The molecule has 0 heterocycles. The molecule has 16 heavy (non-hydrogen) atoms. The SMILES string of the molecule is CCC(C)CCCCC(C)(C)C(C)C1CC1. The predicted octanol–water partition coefficient (Wildman–Crippen LogP) is 5.67.